The summed E-state index contributed by atoms with van der Waals surface area (Å²) >= 11 is 0. The molecule has 1 aromatic carbocycles. The van der Waals surface area contributed by atoms with Crippen molar-refractivity contribution in [1.29, 1.82) is 0 Å². The Labute approximate surface area is 98.5 Å². The van der Waals surface area contributed by atoms with E-state index in [0.717, 1.165) is 17.7 Å². The lowest BCUT2D eigenvalue weighted by Crippen LogP contribution is -2.29. The van der Waals surface area contributed by atoms with E-state index in [0.29, 0.717) is 0 Å². The highest BCUT2D eigenvalue weighted by Crippen LogP contribution is 2.07. The zero-order chi connectivity index (χ0) is 11.2. The van der Waals surface area contributed by atoms with Crippen molar-refractivity contribution in [2.75, 3.05) is 19.6 Å². The van der Waals surface area contributed by atoms with E-state index in [4.69, 9.17) is 0 Å². The minimum atomic E-state index is 0.909. The van der Waals surface area contributed by atoms with Crippen LogP contribution in [0.25, 0.3) is 0 Å². The van der Waals surface area contributed by atoms with Gasteiger partial charge in [-0.3, -0.25) is 4.90 Å². The van der Waals surface area contributed by atoms with Gasteiger partial charge in [-0.25, -0.2) is 0 Å². The van der Waals surface area contributed by atoms with Crippen LogP contribution in [0.5, 0.6) is 0 Å². The molecule has 0 N–H and O–H groups in total. The molecule has 0 aromatic heterocycles. The van der Waals surface area contributed by atoms with Crippen molar-refractivity contribution in [2.24, 2.45) is 0 Å². The SMILES string of the molecule is [CH2]c1ccc(C#CCN2CCCCC2)cc1. The third kappa shape index (κ3) is 3.40. The maximum atomic E-state index is 3.86. The summed E-state index contributed by atoms with van der Waals surface area (Å²) in [4.78, 5) is 2.44. The zero-order valence-corrected chi connectivity index (χ0v) is 9.71. The second-order valence-electron chi connectivity index (χ2n) is 4.34. The van der Waals surface area contributed by atoms with Crippen LogP contribution >= 0.6 is 0 Å². The van der Waals surface area contributed by atoms with Gasteiger partial charge >= 0.3 is 0 Å². The molecule has 2 rings (SSSR count). The Kier molecular flexibility index (Phi) is 4.02. The van der Waals surface area contributed by atoms with Crippen LogP contribution in [-0.4, -0.2) is 24.5 Å². The minimum Gasteiger partial charge on any atom is -0.292 e. The molecule has 1 radical (unpaired) electrons. The molecule has 1 heterocycles. The summed E-state index contributed by atoms with van der Waals surface area (Å²) in [6, 6.07) is 8.08. The molecule has 1 aromatic rings. The van der Waals surface area contributed by atoms with Crippen molar-refractivity contribution in [1.82, 2.24) is 4.90 Å². The standard InChI is InChI=1S/C15H18N/c1-14-7-9-15(10-8-14)6-5-13-16-11-3-2-4-12-16/h7-10H,1-4,11-13H2. The number of nitrogens with zero attached hydrogens (tertiary/aromatic N) is 1. The van der Waals surface area contributed by atoms with Crippen LogP contribution < -0.4 is 0 Å². The van der Waals surface area contributed by atoms with Crippen molar-refractivity contribution < 1.29 is 0 Å². The van der Waals surface area contributed by atoms with E-state index in [1.54, 1.807) is 0 Å². The van der Waals surface area contributed by atoms with Crippen LogP contribution in [0.15, 0.2) is 24.3 Å². The molecule has 0 unspecified atom stereocenters. The third-order valence-electron chi connectivity index (χ3n) is 2.94. The Balaban J connectivity index is 1.87. The fourth-order valence-corrected chi connectivity index (χ4v) is 1.96. The fraction of sp³-hybridized carbons (Fsp3) is 0.400. The fourth-order valence-electron chi connectivity index (χ4n) is 1.96. The maximum Gasteiger partial charge on any atom is 0.0605 e. The van der Waals surface area contributed by atoms with Gasteiger partial charge in [-0.15, -0.1) is 0 Å². The summed E-state index contributed by atoms with van der Waals surface area (Å²) in [6.07, 6.45) is 4.05. The number of piperidine rings is 1. The number of likely N-dealkylation sites (tertiary alicyclic amines) is 1. The monoisotopic (exact) mass is 212 g/mol. The molecule has 0 aliphatic carbocycles. The molecular weight excluding hydrogens is 194 g/mol. The van der Waals surface area contributed by atoms with Crippen LogP contribution in [0, 0.1) is 18.8 Å². The predicted molar refractivity (Wildman–Crippen MR) is 68.1 cm³/mol. The van der Waals surface area contributed by atoms with Crippen LogP contribution in [0.2, 0.25) is 0 Å². The molecule has 0 saturated carbocycles. The van der Waals surface area contributed by atoms with Crippen molar-refractivity contribution >= 4 is 0 Å². The Morgan fingerprint density at radius 3 is 2.44 bits per heavy atom. The summed E-state index contributed by atoms with van der Waals surface area (Å²) in [5.41, 5.74) is 2.13. The molecule has 0 bridgehead atoms. The van der Waals surface area contributed by atoms with E-state index in [2.05, 4.69) is 23.7 Å². The summed E-state index contributed by atoms with van der Waals surface area (Å²) in [7, 11) is 0. The Hall–Kier alpha value is -1.26. The third-order valence-corrected chi connectivity index (χ3v) is 2.94. The number of benzene rings is 1. The molecular formula is C15H18N. The topological polar surface area (TPSA) is 3.24 Å². The molecule has 0 atom stereocenters. The average molecular weight is 212 g/mol. The second-order valence-corrected chi connectivity index (χ2v) is 4.34. The largest absolute Gasteiger partial charge is 0.292 e. The smallest absolute Gasteiger partial charge is 0.0605 e. The number of hydrogen-bond donors (Lipinski definition) is 0. The van der Waals surface area contributed by atoms with E-state index in [9.17, 15) is 0 Å². The highest BCUT2D eigenvalue weighted by Gasteiger charge is 2.07. The van der Waals surface area contributed by atoms with E-state index in [-0.39, 0.29) is 0 Å². The Bertz CT molecular complexity index is 374. The lowest BCUT2D eigenvalue weighted by atomic mass is 10.1. The lowest BCUT2D eigenvalue weighted by Gasteiger charge is -2.23. The van der Waals surface area contributed by atoms with Gasteiger partial charge in [0.2, 0.25) is 0 Å². The molecule has 1 saturated heterocycles. The van der Waals surface area contributed by atoms with Crippen molar-refractivity contribution in [3.05, 3.63) is 42.3 Å². The number of hydrogen-bond acceptors (Lipinski definition) is 1. The van der Waals surface area contributed by atoms with Gasteiger partial charge in [-0.1, -0.05) is 30.4 Å². The average Bonchev–Trinajstić information content (AvgIpc) is 2.33. The summed E-state index contributed by atoms with van der Waals surface area (Å²) < 4.78 is 0. The normalized spacial score (nSPS) is 16.6. The molecule has 16 heavy (non-hydrogen) atoms. The van der Waals surface area contributed by atoms with Crippen LogP contribution in [0.1, 0.15) is 30.4 Å². The Morgan fingerprint density at radius 1 is 1.06 bits per heavy atom. The molecule has 1 aliphatic rings. The van der Waals surface area contributed by atoms with Gasteiger partial charge in [0.15, 0.2) is 0 Å². The molecule has 0 amide bonds. The van der Waals surface area contributed by atoms with Crippen LogP contribution in [-0.2, 0) is 0 Å². The van der Waals surface area contributed by atoms with Gasteiger partial charge in [-0.05, 0) is 50.6 Å². The molecule has 1 fully saturated rings. The van der Waals surface area contributed by atoms with E-state index in [1.807, 2.05) is 24.3 Å². The van der Waals surface area contributed by atoms with Crippen LogP contribution in [0.3, 0.4) is 0 Å². The summed E-state index contributed by atoms with van der Waals surface area (Å²) in [5.74, 6) is 6.45. The quantitative estimate of drug-likeness (QED) is 0.647. The summed E-state index contributed by atoms with van der Waals surface area (Å²) in [6.45, 7) is 7.20. The molecule has 1 aliphatic heterocycles. The van der Waals surface area contributed by atoms with E-state index >= 15 is 0 Å². The van der Waals surface area contributed by atoms with Gasteiger partial charge < -0.3 is 0 Å². The molecule has 1 heteroatoms. The lowest BCUT2D eigenvalue weighted by molar-refractivity contribution is 0.255. The summed E-state index contributed by atoms with van der Waals surface area (Å²) in [5, 5.41) is 0. The first-order chi connectivity index (χ1) is 7.84. The van der Waals surface area contributed by atoms with Gasteiger partial charge in [-0.2, -0.15) is 0 Å². The van der Waals surface area contributed by atoms with E-state index < -0.39 is 0 Å². The van der Waals surface area contributed by atoms with Gasteiger partial charge in [0.05, 0.1) is 6.54 Å². The van der Waals surface area contributed by atoms with Gasteiger partial charge in [0.1, 0.15) is 0 Å². The molecule has 83 valence electrons. The first-order valence-corrected chi connectivity index (χ1v) is 5.98. The predicted octanol–water partition coefficient (Wildman–Crippen LogP) is 2.71. The maximum absolute atomic E-state index is 3.86. The van der Waals surface area contributed by atoms with Crippen molar-refractivity contribution in [2.45, 2.75) is 19.3 Å². The van der Waals surface area contributed by atoms with Gasteiger partial charge in [0.25, 0.3) is 0 Å². The zero-order valence-electron chi connectivity index (χ0n) is 9.71. The molecule has 0 spiro atoms. The van der Waals surface area contributed by atoms with Crippen molar-refractivity contribution in [3.8, 4) is 11.8 Å². The highest BCUT2D eigenvalue weighted by molar-refractivity contribution is 5.36. The minimum absolute atomic E-state index is 0.909. The van der Waals surface area contributed by atoms with E-state index in [1.165, 1.54) is 32.4 Å². The Morgan fingerprint density at radius 2 is 1.75 bits per heavy atom. The highest BCUT2D eigenvalue weighted by atomic mass is 15.1. The van der Waals surface area contributed by atoms with Gasteiger partial charge in [0, 0.05) is 5.56 Å². The first-order valence-electron chi connectivity index (χ1n) is 5.98. The first kappa shape index (κ1) is 11.2. The van der Waals surface area contributed by atoms with Crippen molar-refractivity contribution in [3.63, 3.8) is 0 Å². The second kappa shape index (κ2) is 5.72. The van der Waals surface area contributed by atoms with Crippen LogP contribution in [0.4, 0.5) is 0 Å². The molecule has 1 nitrogen and oxygen atoms in total. The number of rotatable bonds is 1.